The lowest BCUT2D eigenvalue weighted by Gasteiger charge is -2.27. The first kappa shape index (κ1) is 15.9. The van der Waals surface area contributed by atoms with E-state index in [1.807, 2.05) is 12.4 Å². The van der Waals surface area contributed by atoms with Gasteiger partial charge in [0.15, 0.2) is 0 Å². The van der Waals surface area contributed by atoms with E-state index >= 15 is 0 Å². The molecule has 1 N–H and O–H groups in total. The predicted octanol–water partition coefficient (Wildman–Crippen LogP) is 2.85. The molecule has 1 aromatic rings. The number of anilines is 1. The average molecular weight is 264 g/mol. The normalized spacial score (nSPS) is 12.7. The van der Waals surface area contributed by atoms with Gasteiger partial charge in [0.1, 0.15) is 5.82 Å². The molecule has 0 bridgehead atoms. The van der Waals surface area contributed by atoms with Crippen molar-refractivity contribution in [2.75, 3.05) is 18.5 Å². The van der Waals surface area contributed by atoms with E-state index in [-0.39, 0.29) is 0 Å². The molecule has 1 aromatic heterocycles. The van der Waals surface area contributed by atoms with E-state index in [0.717, 1.165) is 37.4 Å². The van der Waals surface area contributed by atoms with Gasteiger partial charge in [0, 0.05) is 25.8 Å². The standard InChI is InChI=1S/C15H28N4/c1-6-7-16-9-14-10-17-11-15(18-14)19(5)13(4)8-12(2)3/h10-13,16H,6-9H2,1-5H3. The van der Waals surface area contributed by atoms with E-state index in [4.69, 9.17) is 0 Å². The topological polar surface area (TPSA) is 41.1 Å². The summed E-state index contributed by atoms with van der Waals surface area (Å²) < 4.78 is 0. The van der Waals surface area contributed by atoms with Gasteiger partial charge in [0.2, 0.25) is 0 Å². The zero-order valence-electron chi connectivity index (χ0n) is 13.0. The molecule has 0 saturated heterocycles. The molecular formula is C15H28N4. The lowest BCUT2D eigenvalue weighted by atomic mass is 10.0. The summed E-state index contributed by atoms with van der Waals surface area (Å²) in [7, 11) is 2.10. The van der Waals surface area contributed by atoms with Crippen molar-refractivity contribution in [3.63, 3.8) is 0 Å². The molecule has 1 unspecified atom stereocenters. The molecule has 0 aliphatic heterocycles. The highest BCUT2D eigenvalue weighted by molar-refractivity contribution is 5.36. The van der Waals surface area contributed by atoms with Crippen LogP contribution in [-0.4, -0.2) is 29.6 Å². The third-order valence-electron chi connectivity index (χ3n) is 3.24. The number of aromatic nitrogens is 2. The number of nitrogens with zero attached hydrogens (tertiary/aromatic N) is 3. The second kappa shape index (κ2) is 8.10. The number of hydrogen-bond donors (Lipinski definition) is 1. The van der Waals surface area contributed by atoms with Crippen LogP contribution in [-0.2, 0) is 6.54 Å². The maximum absolute atomic E-state index is 4.67. The second-order valence-electron chi connectivity index (χ2n) is 5.63. The Kier molecular flexibility index (Phi) is 6.78. The molecule has 0 aliphatic rings. The first-order chi connectivity index (χ1) is 9.04. The van der Waals surface area contributed by atoms with Gasteiger partial charge in [0.25, 0.3) is 0 Å². The Balaban J connectivity index is 2.64. The van der Waals surface area contributed by atoms with E-state index in [1.54, 1.807) is 0 Å². The molecule has 19 heavy (non-hydrogen) atoms. The fourth-order valence-electron chi connectivity index (χ4n) is 2.11. The summed E-state index contributed by atoms with van der Waals surface area (Å²) in [6.07, 6.45) is 5.99. The van der Waals surface area contributed by atoms with Crippen LogP contribution in [0.4, 0.5) is 5.82 Å². The molecule has 1 rings (SSSR count). The molecule has 1 heterocycles. The SMILES string of the molecule is CCCNCc1cncc(N(C)C(C)CC(C)C)n1. The first-order valence-electron chi connectivity index (χ1n) is 7.29. The van der Waals surface area contributed by atoms with Gasteiger partial charge in [-0.2, -0.15) is 0 Å². The highest BCUT2D eigenvalue weighted by Crippen LogP contribution is 2.16. The Morgan fingerprint density at radius 2 is 2.00 bits per heavy atom. The summed E-state index contributed by atoms with van der Waals surface area (Å²) in [4.78, 5) is 11.2. The molecule has 108 valence electrons. The van der Waals surface area contributed by atoms with Crippen LogP contribution < -0.4 is 10.2 Å². The van der Waals surface area contributed by atoms with Crippen molar-refractivity contribution >= 4 is 5.82 Å². The van der Waals surface area contributed by atoms with Crippen molar-refractivity contribution in [3.05, 3.63) is 18.1 Å². The summed E-state index contributed by atoms with van der Waals surface area (Å²) in [6, 6.07) is 0.480. The zero-order valence-corrected chi connectivity index (χ0v) is 13.0. The quantitative estimate of drug-likeness (QED) is 0.733. The number of rotatable bonds is 8. The summed E-state index contributed by atoms with van der Waals surface area (Å²) in [5.41, 5.74) is 1.01. The van der Waals surface area contributed by atoms with Crippen molar-refractivity contribution in [2.45, 2.75) is 53.1 Å². The minimum atomic E-state index is 0.480. The fraction of sp³-hybridized carbons (Fsp3) is 0.733. The van der Waals surface area contributed by atoms with Gasteiger partial charge in [-0.05, 0) is 32.2 Å². The summed E-state index contributed by atoms with van der Waals surface area (Å²) in [5, 5.41) is 3.36. The fourth-order valence-corrected chi connectivity index (χ4v) is 2.11. The Morgan fingerprint density at radius 1 is 1.26 bits per heavy atom. The third-order valence-corrected chi connectivity index (χ3v) is 3.24. The highest BCUT2D eigenvalue weighted by atomic mass is 15.2. The first-order valence-corrected chi connectivity index (χ1v) is 7.29. The molecule has 0 fully saturated rings. The van der Waals surface area contributed by atoms with Gasteiger partial charge in [-0.1, -0.05) is 20.8 Å². The molecule has 0 saturated carbocycles. The van der Waals surface area contributed by atoms with Gasteiger partial charge < -0.3 is 10.2 Å². The van der Waals surface area contributed by atoms with Crippen LogP contribution >= 0.6 is 0 Å². The van der Waals surface area contributed by atoms with Crippen molar-refractivity contribution < 1.29 is 0 Å². The van der Waals surface area contributed by atoms with Crippen molar-refractivity contribution in [3.8, 4) is 0 Å². The van der Waals surface area contributed by atoms with Crippen molar-refractivity contribution in [1.82, 2.24) is 15.3 Å². The van der Waals surface area contributed by atoms with Crippen LogP contribution in [0.3, 0.4) is 0 Å². The van der Waals surface area contributed by atoms with E-state index in [1.165, 1.54) is 0 Å². The summed E-state index contributed by atoms with van der Waals surface area (Å²) >= 11 is 0. The van der Waals surface area contributed by atoms with E-state index in [2.05, 4.69) is 54.9 Å². The molecule has 4 heteroatoms. The minimum Gasteiger partial charge on any atom is -0.356 e. The Morgan fingerprint density at radius 3 is 2.63 bits per heavy atom. The smallest absolute Gasteiger partial charge is 0.147 e. The Hall–Kier alpha value is -1.16. The lowest BCUT2D eigenvalue weighted by molar-refractivity contribution is 0.501. The molecule has 0 aliphatic carbocycles. The maximum atomic E-state index is 4.67. The Bertz CT molecular complexity index is 365. The molecule has 4 nitrogen and oxygen atoms in total. The van der Waals surface area contributed by atoms with E-state index in [9.17, 15) is 0 Å². The van der Waals surface area contributed by atoms with Crippen molar-refractivity contribution in [2.24, 2.45) is 5.92 Å². The maximum Gasteiger partial charge on any atom is 0.147 e. The summed E-state index contributed by atoms with van der Waals surface area (Å²) in [5.74, 6) is 1.66. The van der Waals surface area contributed by atoms with E-state index < -0.39 is 0 Å². The highest BCUT2D eigenvalue weighted by Gasteiger charge is 2.13. The van der Waals surface area contributed by atoms with Crippen LogP contribution in [0, 0.1) is 5.92 Å². The number of nitrogens with one attached hydrogen (secondary N) is 1. The second-order valence-corrected chi connectivity index (χ2v) is 5.63. The van der Waals surface area contributed by atoms with Crippen LogP contribution in [0.1, 0.15) is 46.2 Å². The summed E-state index contributed by atoms with van der Waals surface area (Å²) in [6.45, 7) is 10.7. The van der Waals surface area contributed by atoms with Gasteiger partial charge >= 0.3 is 0 Å². The number of hydrogen-bond acceptors (Lipinski definition) is 4. The Labute approximate surface area is 117 Å². The molecule has 0 amide bonds. The molecule has 0 aromatic carbocycles. The van der Waals surface area contributed by atoms with Gasteiger partial charge in [0.05, 0.1) is 11.9 Å². The third kappa shape index (κ3) is 5.55. The van der Waals surface area contributed by atoms with E-state index in [0.29, 0.717) is 12.0 Å². The van der Waals surface area contributed by atoms with Gasteiger partial charge in [-0.25, -0.2) is 4.98 Å². The lowest BCUT2D eigenvalue weighted by Crippen LogP contribution is -2.31. The predicted molar refractivity (Wildman–Crippen MR) is 81.3 cm³/mol. The molecule has 0 radical (unpaired) electrons. The van der Waals surface area contributed by atoms with Gasteiger partial charge in [-0.15, -0.1) is 0 Å². The molecule has 0 spiro atoms. The van der Waals surface area contributed by atoms with Crippen molar-refractivity contribution in [1.29, 1.82) is 0 Å². The molecular weight excluding hydrogens is 236 g/mol. The van der Waals surface area contributed by atoms with Crippen LogP contribution in [0.25, 0.3) is 0 Å². The largest absolute Gasteiger partial charge is 0.356 e. The zero-order chi connectivity index (χ0) is 14.3. The minimum absolute atomic E-state index is 0.480. The van der Waals surface area contributed by atoms with Crippen LogP contribution in [0.15, 0.2) is 12.4 Å². The monoisotopic (exact) mass is 264 g/mol. The van der Waals surface area contributed by atoms with Crippen LogP contribution in [0.5, 0.6) is 0 Å². The average Bonchev–Trinajstić information content (AvgIpc) is 2.38. The molecule has 1 atom stereocenters. The van der Waals surface area contributed by atoms with Gasteiger partial charge in [-0.3, -0.25) is 4.98 Å². The van der Waals surface area contributed by atoms with Crippen LogP contribution in [0.2, 0.25) is 0 Å².